The van der Waals surface area contributed by atoms with Gasteiger partial charge in [-0.25, -0.2) is 0 Å². The van der Waals surface area contributed by atoms with E-state index in [1.807, 2.05) is 0 Å². The number of carbonyl (C=O) groups excluding carboxylic acids is 2. The largest absolute Gasteiger partial charge is 0.465 e. The molecule has 0 aromatic rings. The summed E-state index contributed by atoms with van der Waals surface area (Å²) in [5.74, 6) is -4.78. The molecule has 7 heteroatoms. The molecule has 0 aliphatic rings. The number of esters is 1. The Labute approximate surface area is 112 Å². The van der Waals surface area contributed by atoms with Gasteiger partial charge in [-0.3, -0.25) is 9.59 Å². The number of ether oxygens (including phenoxy) is 1. The van der Waals surface area contributed by atoms with Gasteiger partial charge in [0.2, 0.25) is 5.78 Å². The minimum Gasteiger partial charge on any atom is -0.465 e. The highest BCUT2D eigenvalue weighted by Gasteiger charge is 2.46. The van der Waals surface area contributed by atoms with Crippen LogP contribution >= 0.6 is 0 Å². The molecule has 0 aliphatic heterocycles. The van der Waals surface area contributed by atoms with E-state index in [-0.39, 0.29) is 13.0 Å². The molecule has 0 N–H and O–H groups in total. The number of rotatable bonds is 7. The lowest BCUT2D eigenvalue weighted by atomic mass is 9.98. The Kier molecular flexibility index (Phi) is 6.75. The molecule has 0 heterocycles. The van der Waals surface area contributed by atoms with E-state index >= 15 is 0 Å². The van der Waals surface area contributed by atoms with Crippen molar-refractivity contribution in [1.29, 1.82) is 0 Å². The van der Waals surface area contributed by atoms with Crippen molar-refractivity contribution in [3.63, 3.8) is 0 Å². The zero-order valence-corrected chi connectivity index (χ0v) is 12.8. The van der Waals surface area contributed by atoms with Gasteiger partial charge in [0.25, 0.3) is 0 Å². The highest BCUT2D eigenvalue weighted by atomic mass is 28.3. The highest BCUT2D eigenvalue weighted by molar-refractivity contribution is 6.76. The molecule has 0 amide bonds. The van der Waals surface area contributed by atoms with Gasteiger partial charge in [0.1, 0.15) is 5.92 Å². The summed E-state index contributed by atoms with van der Waals surface area (Å²) in [7, 11) is -1.40. The van der Waals surface area contributed by atoms with Crippen LogP contribution in [0, 0.1) is 5.92 Å². The lowest BCUT2D eigenvalue weighted by Crippen LogP contribution is -2.36. The maximum Gasteiger partial charge on any atom is 0.450 e. The van der Waals surface area contributed by atoms with Crippen molar-refractivity contribution in [1.82, 2.24) is 0 Å². The molecule has 0 aromatic heterocycles. The SMILES string of the molecule is CCOC(=O)C(CCC[Si](C)(C)C)C(=O)C(F)(F)F. The van der Waals surface area contributed by atoms with Crippen LogP contribution in [0.3, 0.4) is 0 Å². The molecule has 0 bridgehead atoms. The van der Waals surface area contributed by atoms with Crippen LogP contribution in [-0.4, -0.2) is 32.6 Å². The topological polar surface area (TPSA) is 43.4 Å². The minimum absolute atomic E-state index is 0.0332. The third-order valence-electron chi connectivity index (χ3n) is 2.59. The van der Waals surface area contributed by atoms with E-state index in [9.17, 15) is 22.8 Å². The Morgan fingerprint density at radius 3 is 2.11 bits per heavy atom. The maximum atomic E-state index is 12.4. The first-order chi connectivity index (χ1) is 8.49. The molecule has 1 unspecified atom stereocenters. The predicted molar refractivity (Wildman–Crippen MR) is 68.6 cm³/mol. The number of carbonyl (C=O) groups is 2. The molecular weight excluding hydrogens is 277 g/mol. The number of hydrogen-bond acceptors (Lipinski definition) is 3. The first kappa shape index (κ1) is 18.1. The van der Waals surface area contributed by atoms with E-state index in [0.29, 0.717) is 6.42 Å². The average molecular weight is 298 g/mol. The van der Waals surface area contributed by atoms with Crippen LogP contribution < -0.4 is 0 Å². The van der Waals surface area contributed by atoms with Crippen LogP contribution in [0.15, 0.2) is 0 Å². The van der Waals surface area contributed by atoms with E-state index in [0.717, 1.165) is 6.04 Å². The van der Waals surface area contributed by atoms with Crippen molar-refractivity contribution in [2.75, 3.05) is 6.61 Å². The summed E-state index contributed by atoms with van der Waals surface area (Å²) < 4.78 is 41.8. The van der Waals surface area contributed by atoms with Gasteiger partial charge in [0.05, 0.1) is 6.61 Å². The molecule has 0 spiro atoms. The lowest BCUT2D eigenvalue weighted by molar-refractivity contribution is -0.181. The zero-order chi connectivity index (χ0) is 15.3. The smallest absolute Gasteiger partial charge is 0.450 e. The fourth-order valence-corrected chi connectivity index (χ4v) is 2.90. The third-order valence-corrected chi connectivity index (χ3v) is 4.44. The Hall–Kier alpha value is -0.853. The van der Waals surface area contributed by atoms with Crippen LogP contribution in [0.4, 0.5) is 13.2 Å². The summed E-state index contributed by atoms with van der Waals surface area (Å²) in [5, 5.41) is 0. The van der Waals surface area contributed by atoms with Gasteiger partial charge < -0.3 is 4.74 Å². The second-order valence-electron chi connectivity index (χ2n) is 5.62. The first-order valence-corrected chi connectivity index (χ1v) is 9.97. The van der Waals surface area contributed by atoms with Crippen LogP contribution in [0.5, 0.6) is 0 Å². The standard InChI is InChI=1S/C12H21F3O3Si/c1-5-18-11(17)9(10(16)12(13,14)15)7-6-8-19(2,3)4/h9H,5-8H2,1-4H3. The Morgan fingerprint density at radius 1 is 1.21 bits per heavy atom. The van der Waals surface area contributed by atoms with Gasteiger partial charge in [-0.05, 0) is 13.3 Å². The van der Waals surface area contributed by atoms with Crippen LogP contribution in [-0.2, 0) is 14.3 Å². The van der Waals surface area contributed by atoms with E-state index in [4.69, 9.17) is 0 Å². The van der Waals surface area contributed by atoms with E-state index in [1.54, 1.807) is 0 Å². The molecule has 0 rings (SSSR count). The summed E-state index contributed by atoms with van der Waals surface area (Å²) in [5.41, 5.74) is 0. The van der Waals surface area contributed by atoms with Crippen molar-refractivity contribution in [3.05, 3.63) is 0 Å². The Balaban J connectivity index is 4.70. The highest BCUT2D eigenvalue weighted by Crippen LogP contribution is 2.26. The van der Waals surface area contributed by atoms with Gasteiger partial charge in [0, 0.05) is 8.07 Å². The van der Waals surface area contributed by atoms with Gasteiger partial charge in [-0.1, -0.05) is 32.1 Å². The number of Topliss-reactive ketones (excluding diaryl/α,β-unsaturated/α-hetero) is 1. The van der Waals surface area contributed by atoms with Crippen molar-refractivity contribution in [2.45, 2.75) is 51.6 Å². The van der Waals surface area contributed by atoms with Crippen LogP contribution in [0.25, 0.3) is 0 Å². The van der Waals surface area contributed by atoms with E-state index in [1.165, 1.54) is 6.92 Å². The fourth-order valence-electron chi connectivity index (χ4n) is 1.63. The molecule has 0 saturated carbocycles. The number of hydrogen-bond donors (Lipinski definition) is 0. The van der Waals surface area contributed by atoms with Gasteiger partial charge >= 0.3 is 12.1 Å². The van der Waals surface area contributed by atoms with Gasteiger partial charge in [0.15, 0.2) is 0 Å². The average Bonchev–Trinajstić information content (AvgIpc) is 2.21. The first-order valence-electron chi connectivity index (χ1n) is 6.26. The molecule has 0 saturated heterocycles. The summed E-state index contributed by atoms with van der Waals surface area (Å²) in [6.07, 6.45) is -4.65. The quantitative estimate of drug-likeness (QED) is 0.411. The van der Waals surface area contributed by atoms with Crippen molar-refractivity contribution >= 4 is 19.8 Å². The molecule has 1 atom stereocenters. The molecule has 3 nitrogen and oxygen atoms in total. The van der Waals surface area contributed by atoms with Crippen molar-refractivity contribution in [2.24, 2.45) is 5.92 Å². The van der Waals surface area contributed by atoms with Crippen molar-refractivity contribution < 1.29 is 27.5 Å². The lowest BCUT2D eigenvalue weighted by Gasteiger charge is -2.19. The molecule has 0 aromatic carbocycles. The van der Waals surface area contributed by atoms with Gasteiger partial charge in [-0.2, -0.15) is 13.2 Å². The van der Waals surface area contributed by atoms with E-state index in [2.05, 4.69) is 24.4 Å². The molecule has 19 heavy (non-hydrogen) atoms. The van der Waals surface area contributed by atoms with Crippen molar-refractivity contribution in [3.8, 4) is 0 Å². The monoisotopic (exact) mass is 298 g/mol. The second kappa shape index (κ2) is 7.07. The molecule has 112 valence electrons. The van der Waals surface area contributed by atoms with Gasteiger partial charge in [-0.15, -0.1) is 0 Å². The summed E-state index contributed by atoms with van der Waals surface area (Å²) in [4.78, 5) is 22.7. The number of ketones is 1. The Bertz CT molecular complexity index is 321. The third kappa shape index (κ3) is 7.34. The molecular formula is C12H21F3O3Si. The zero-order valence-electron chi connectivity index (χ0n) is 11.8. The second-order valence-corrected chi connectivity index (χ2v) is 11.2. The summed E-state index contributed by atoms with van der Waals surface area (Å²) >= 11 is 0. The summed E-state index contributed by atoms with van der Waals surface area (Å²) in [6.45, 7) is 7.71. The molecule has 0 radical (unpaired) electrons. The normalized spacial score (nSPS) is 14.1. The summed E-state index contributed by atoms with van der Waals surface area (Å²) in [6, 6.07) is 0.772. The van der Waals surface area contributed by atoms with Crippen LogP contribution in [0.2, 0.25) is 25.7 Å². The fraction of sp³-hybridized carbons (Fsp3) is 0.833. The maximum absolute atomic E-state index is 12.4. The molecule has 0 fully saturated rings. The number of alkyl halides is 3. The molecule has 0 aliphatic carbocycles. The van der Waals surface area contributed by atoms with E-state index < -0.39 is 31.9 Å². The number of halogens is 3. The van der Waals surface area contributed by atoms with Crippen LogP contribution in [0.1, 0.15) is 19.8 Å². The Morgan fingerprint density at radius 2 is 1.74 bits per heavy atom. The predicted octanol–water partition coefficient (Wildman–Crippen LogP) is 3.42. The minimum atomic E-state index is -4.99.